The molecule has 2 aliphatic rings. The summed E-state index contributed by atoms with van der Waals surface area (Å²) in [6.07, 6.45) is 3.90. The lowest BCUT2D eigenvalue weighted by atomic mass is 9.97. The lowest BCUT2D eigenvalue weighted by Gasteiger charge is -2.19. The van der Waals surface area contributed by atoms with Crippen LogP contribution in [-0.2, 0) is 0 Å². The maximum Gasteiger partial charge on any atom is 0.165 e. The first-order chi connectivity index (χ1) is 8.78. The fraction of sp³-hybridized carbons (Fsp3) is 0.571. The quantitative estimate of drug-likeness (QED) is 0.927. The summed E-state index contributed by atoms with van der Waals surface area (Å²) < 4.78 is 12.6. The van der Waals surface area contributed by atoms with Crippen molar-refractivity contribution in [2.45, 2.75) is 31.3 Å². The predicted octanol–water partition coefficient (Wildman–Crippen LogP) is 3.08. The number of hydrogen-bond acceptors (Lipinski definition) is 3. The van der Waals surface area contributed by atoms with Gasteiger partial charge in [0.1, 0.15) is 0 Å². The number of ether oxygens (including phenoxy) is 2. The summed E-state index contributed by atoms with van der Waals surface area (Å²) in [5.74, 6) is 2.33. The highest BCUT2D eigenvalue weighted by Gasteiger charge is 2.29. The minimum atomic E-state index is 0.396. The van der Waals surface area contributed by atoms with E-state index in [-0.39, 0.29) is 0 Å². The van der Waals surface area contributed by atoms with Crippen LogP contribution in [-0.4, -0.2) is 26.3 Å². The van der Waals surface area contributed by atoms with Gasteiger partial charge in [0.15, 0.2) is 11.5 Å². The maximum absolute atomic E-state index is 6.07. The Balaban J connectivity index is 1.98. The molecule has 1 saturated carbocycles. The zero-order valence-corrected chi connectivity index (χ0v) is 12.1. The SMILES string of the molecule is COc1cc(Br)cc(C2CCNC2)c1OC1CC1. The number of rotatable bonds is 4. The summed E-state index contributed by atoms with van der Waals surface area (Å²) in [7, 11) is 1.71. The van der Waals surface area contributed by atoms with E-state index >= 15 is 0 Å². The van der Waals surface area contributed by atoms with E-state index in [9.17, 15) is 0 Å². The van der Waals surface area contributed by atoms with Gasteiger partial charge in [-0.3, -0.25) is 0 Å². The first-order valence-corrected chi connectivity index (χ1v) is 7.32. The van der Waals surface area contributed by atoms with Gasteiger partial charge in [0.2, 0.25) is 0 Å². The second-order valence-corrected chi connectivity index (χ2v) is 5.95. The molecule has 1 unspecified atom stereocenters. The van der Waals surface area contributed by atoms with E-state index in [0.717, 1.165) is 29.1 Å². The van der Waals surface area contributed by atoms with Crippen LogP contribution >= 0.6 is 15.9 Å². The molecule has 0 bridgehead atoms. The van der Waals surface area contributed by atoms with E-state index in [2.05, 4.69) is 27.3 Å². The molecule has 1 saturated heterocycles. The average molecular weight is 312 g/mol. The number of nitrogens with one attached hydrogen (secondary N) is 1. The molecule has 0 spiro atoms. The van der Waals surface area contributed by atoms with Crippen LogP contribution in [0.15, 0.2) is 16.6 Å². The van der Waals surface area contributed by atoms with Crippen LogP contribution in [0.1, 0.15) is 30.7 Å². The third-order valence-corrected chi connectivity index (χ3v) is 4.04. The van der Waals surface area contributed by atoms with Crippen molar-refractivity contribution in [2.75, 3.05) is 20.2 Å². The molecule has 1 aromatic rings. The summed E-state index contributed by atoms with van der Waals surface area (Å²) in [6.45, 7) is 2.11. The Morgan fingerprint density at radius 1 is 1.28 bits per heavy atom. The highest BCUT2D eigenvalue weighted by Crippen LogP contribution is 2.43. The van der Waals surface area contributed by atoms with Crippen LogP contribution in [0, 0.1) is 0 Å². The molecule has 1 aliphatic heterocycles. The Bertz CT molecular complexity index is 440. The van der Waals surface area contributed by atoms with Crippen molar-refractivity contribution < 1.29 is 9.47 Å². The smallest absolute Gasteiger partial charge is 0.165 e. The van der Waals surface area contributed by atoms with Crippen molar-refractivity contribution in [1.29, 1.82) is 0 Å². The van der Waals surface area contributed by atoms with E-state index in [4.69, 9.17) is 9.47 Å². The summed E-state index contributed by atoms with van der Waals surface area (Å²) in [4.78, 5) is 0. The maximum atomic E-state index is 6.07. The summed E-state index contributed by atoms with van der Waals surface area (Å²) >= 11 is 3.56. The van der Waals surface area contributed by atoms with Crippen molar-refractivity contribution in [3.05, 3.63) is 22.2 Å². The molecule has 1 aromatic carbocycles. The minimum absolute atomic E-state index is 0.396. The molecular formula is C14H18BrNO2. The third-order valence-electron chi connectivity index (χ3n) is 3.58. The molecule has 1 atom stereocenters. The van der Waals surface area contributed by atoms with Crippen molar-refractivity contribution in [3.8, 4) is 11.5 Å². The molecule has 3 nitrogen and oxygen atoms in total. The summed E-state index contributed by atoms with van der Waals surface area (Å²) in [5.41, 5.74) is 1.28. The first kappa shape index (κ1) is 12.3. The molecule has 1 N–H and O–H groups in total. The Hall–Kier alpha value is -0.740. The summed E-state index contributed by atoms with van der Waals surface area (Å²) in [5, 5.41) is 3.41. The lowest BCUT2D eigenvalue weighted by molar-refractivity contribution is 0.277. The molecule has 4 heteroatoms. The van der Waals surface area contributed by atoms with Gasteiger partial charge >= 0.3 is 0 Å². The molecule has 2 fully saturated rings. The number of benzene rings is 1. The normalized spacial score (nSPS) is 23.1. The zero-order valence-electron chi connectivity index (χ0n) is 10.5. The molecule has 3 rings (SSSR count). The van der Waals surface area contributed by atoms with Crippen LogP contribution in [0.25, 0.3) is 0 Å². The van der Waals surface area contributed by atoms with Gasteiger partial charge in [-0.2, -0.15) is 0 Å². The van der Waals surface area contributed by atoms with Gasteiger partial charge in [-0.15, -0.1) is 0 Å². The van der Waals surface area contributed by atoms with Gasteiger partial charge in [0.05, 0.1) is 13.2 Å². The Kier molecular flexibility index (Phi) is 3.48. The molecule has 1 aliphatic carbocycles. The van der Waals surface area contributed by atoms with E-state index < -0.39 is 0 Å². The van der Waals surface area contributed by atoms with E-state index in [1.807, 2.05) is 6.07 Å². The predicted molar refractivity (Wildman–Crippen MR) is 74.6 cm³/mol. The van der Waals surface area contributed by atoms with Crippen LogP contribution in [0.2, 0.25) is 0 Å². The highest BCUT2D eigenvalue weighted by molar-refractivity contribution is 9.10. The highest BCUT2D eigenvalue weighted by atomic mass is 79.9. The van der Waals surface area contributed by atoms with Crippen LogP contribution in [0.3, 0.4) is 0 Å². The van der Waals surface area contributed by atoms with Crippen LogP contribution < -0.4 is 14.8 Å². The molecule has 1 heterocycles. The van der Waals surface area contributed by atoms with E-state index in [1.165, 1.54) is 24.8 Å². The van der Waals surface area contributed by atoms with Gasteiger partial charge in [-0.1, -0.05) is 15.9 Å². The molecule has 0 radical (unpaired) electrons. The zero-order chi connectivity index (χ0) is 12.5. The first-order valence-electron chi connectivity index (χ1n) is 6.52. The van der Waals surface area contributed by atoms with Gasteiger partial charge in [-0.05, 0) is 37.9 Å². The second-order valence-electron chi connectivity index (χ2n) is 5.03. The second kappa shape index (κ2) is 5.10. The van der Waals surface area contributed by atoms with E-state index in [1.54, 1.807) is 7.11 Å². The van der Waals surface area contributed by atoms with Crippen molar-refractivity contribution in [3.63, 3.8) is 0 Å². The van der Waals surface area contributed by atoms with Gasteiger partial charge in [0, 0.05) is 22.5 Å². The minimum Gasteiger partial charge on any atom is -0.493 e. The van der Waals surface area contributed by atoms with Gasteiger partial charge < -0.3 is 14.8 Å². The Morgan fingerprint density at radius 2 is 2.11 bits per heavy atom. The molecule has 0 aromatic heterocycles. The number of hydrogen-bond donors (Lipinski definition) is 1. The summed E-state index contributed by atoms with van der Waals surface area (Å²) in [6, 6.07) is 4.17. The fourth-order valence-electron chi connectivity index (χ4n) is 2.44. The standard InChI is InChI=1S/C14H18BrNO2/c1-17-13-7-10(15)6-12(9-4-5-16-8-9)14(13)18-11-2-3-11/h6-7,9,11,16H,2-5,8H2,1H3. The molecule has 98 valence electrons. The lowest BCUT2D eigenvalue weighted by Crippen LogP contribution is -2.10. The Morgan fingerprint density at radius 3 is 2.72 bits per heavy atom. The monoisotopic (exact) mass is 311 g/mol. The van der Waals surface area contributed by atoms with Gasteiger partial charge in [0.25, 0.3) is 0 Å². The fourth-order valence-corrected chi connectivity index (χ4v) is 2.90. The molecule has 18 heavy (non-hydrogen) atoms. The average Bonchev–Trinajstić information content (AvgIpc) is 3.02. The van der Waals surface area contributed by atoms with Crippen molar-refractivity contribution in [1.82, 2.24) is 5.32 Å². The largest absolute Gasteiger partial charge is 0.493 e. The van der Waals surface area contributed by atoms with Crippen molar-refractivity contribution in [2.24, 2.45) is 0 Å². The Labute approximate surface area is 116 Å². The van der Waals surface area contributed by atoms with Crippen LogP contribution in [0.5, 0.6) is 11.5 Å². The van der Waals surface area contributed by atoms with Crippen LogP contribution in [0.4, 0.5) is 0 Å². The third kappa shape index (κ3) is 2.50. The van der Waals surface area contributed by atoms with E-state index in [0.29, 0.717) is 12.0 Å². The number of halogens is 1. The molecule has 0 amide bonds. The van der Waals surface area contributed by atoms with Gasteiger partial charge in [-0.25, -0.2) is 0 Å². The number of methoxy groups -OCH3 is 1. The molecular weight excluding hydrogens is 294 g/mol. The topological polar surface area (TPSA) is 30.5 Å². The van der Waals surface area contributed by atoms with Crippen molar-refractivity contribution >= 4 is 15.9 Å².